The zero-order valence-electron chi connectivity index (χ0n) is 11.9. The van der Waals surface area contributed by atoms with Crippen LogP contribution in [-0.4, -0.2) is 18.2 Å². The van der Waals surface area contributed by atoms with Gasteiger partial charge in [0.15, 0.2) is 0 Å². The second-order valence-corrected chi connectivity index (χ2v) is 6.37. The molecule has 2 aromatic rings. The van der Waals surface area contributed by atoms with Crippen molar-refractivity contribution in [3.05, 3.63) is 47.3 Å². The normalized spacial score (nSPS) is 11.8. The molecule has 0 aliphatic heterocycles. The number of nitrogens with zero attached hydrogens (tertiary/aromatic N) is 2. The molecule has 0 saturated heterocycles. The Morgan fingerprint density at radius 1 is 1.20 bits per heavy atom. The van der Waals surface area contributed by atoms with Gasteiger partial charge in [-0.3, -0.25) is 4.68 Å². The number of aromatic nitrogens is 2. The van der Waals surface area contributed by atoms with Crippen LogP contribution in [-0.2, 0) is 23.1 Å². The molecule has 0 amide bonds. The summed E-state index contributed by atoms with van der Waals surface area (Å²) in [7, 11) is -3.48. The Hall–Kier alpha value is -1.66. The Kier molecular flexibility index (Phi) is 4.25. The molecule has 0 spiro atoms. The average molecular weight is 293 g/mol. The highest BCUT2D eigenvalue weighted by atomic mass is 32.2. The third kappa shape index (κ3) is 2.91. The van der Waals surface area contributed by atoms with Crippen molar-refractivity contribution in [3.8, 4) is 0 Å². The van der Waals surface area contributed by atoms with E-state index in [0.717, 1.165) is 23.5 Å². The van der Waals surface area contributed by atoms with E-state index in [-0.39, 0.29) is 11.4 Å². The summed E-state index contributed by atoms with van der Waals surface area (Å²) >= 11 is 0. The van der Waals surface area contributed by atoms with Crippen LogP contribution in [0.3, 0.4) is 0 Å². The van der Waals surface area contributed by atoms with Gasteiger partial charge in [-0.1, -0.05) is 18.2 Å². The molecule has 1 aromatic heterocycles. The first-order valence-electron chi connectivity index (χ1n) is 6.53. The molecular weight excluding hydrogens is 274 g/mol. The van der Waals surface area contributed by atoms with Crippen LogP contribution in [0.25, 0.3) is 0 Å². The fourth-order valence-electron chi connectivity index (χ4n) is 2.15. The molecule has 6 heteroatoms. The summed E-state index contributed by atoms with van der Waals surface area (Å²) in [6.45, 7) is 6.89. The molecule has 0 atom stereocenters. The van der Waals surface area contributed by atoms with E-state index in [1.54, 1.807) is 30.3 Å². The molecule has 108 valence electrons. The lowest BCUT2D eigenvalue weighted by atomic mass is 10.2. The summed E-state index contributed by atoms with van der Waals surface area (Å²) in [6.07, 6.45) is 0. The van der Waals surface area contributed by atoms with E-state index >= 15 is 0 Å². The molecule has 0 bridgehead atoms. The first-order valence-corrected chi connectivity index (χ1v) is 8.01. The van der Waals surface area contributed by atoms with Crippen molar-refractivity contribution in [1.82, 2.24) is 14.5 Å². The van der Waals surface area contributed by atoms with Crippen molar-refractivity contribution in [1.29, 1.82) is 0 Å². The molecule has 5 nitrogen and oxygen atoms in total. The van der Waals surface area contributed by atoms with Crippen LogP contribution < -0.4 is 4.72 Å². The third-order valence-corrected chi connectivity index (χ3v) is 4.74. The fourth-order valence-corrected chi connectivity index (χ4v) is 3.16. The van der Waals surface area contributed by atoms with Gasteiger partial charge >= 0.3 is 0 Å². The van der Waals surface area contributed by atoms with E-state index in [0.29, 0.717) is 0 Å². The van der Waals surface area contributed by atoms with E-state index in [1.165, 1.54) is 0 Å². The average Bonchev–Trinajstić information content (AvgIpc) is 2.72. The van der Waals surface area contributed by atoms with E-state index in [9.17, 15) is 8.42 Å². The predicted molar refractivity (Wildman–Crippen MR) is 77.8 cm³/mol. The Balaban J connectivity index is 2.19. The summed E-state index contributed by atoms with van der Waals surface area (Å²) < 4.78 is 28.8. The van der Waals surface area contributed by atoms with Gasteiger partial charge in [0.2, 0.25) is 10.0 Å². The van der Waals surface area contributed by atoms with Crippen LogP contribution in [0.1, 0.15) is 23.9 Å². The van der Waals surface area contributed by atoms with Gasteiger partial charge in [-0.2, -0.15) is 5.10 Å². The molecule has 0 radical (unpaired) electrons. The summed E-state index contributed by atoms with van der Waals surface area (Å²) in [5, 5.41) is 4.38. The van der Waals surface area contributed by atoms with Gasteiger partial charge in [0, 0.05) is 24.3 Å². The van der Waals surface area contributed by atoms with E-state index in [2.05, 4.69) is 9.82 Å². The molecular formula is C14H19N3O2S. The summed E-state index contributed by atoms with van der Waals surface area (Å²) in [5.74, 6) is 0. The molecule has 0 saturated carbocycles. The van der Waals surface area contributed by atoms with Gasteiger partial charge in [0.25, 0.3) is 0 Å². The standard InChI is InChI=1S/C14H19N3O2S/c1-4-17-12(3)14(11(2)16-17)10-15-20(18,19)13-8-6-5-7-9-13/h5-9,15H,4,10H2,1-3H3. The quantitative estimate of drug-likeness (QED) is 0.917. The van der Waals surface area contributed by atoms with Crippen molar-refractivity contribution >= 4 is 10.0 Å². The van der Waals surface area contributed by atoms with Crippen LogP contribution in [0, 0.1) is 13.8 Å². The van der Waals surface area contributed by atoms with Crippen molar-refractivity contribution in [2.24, 2.45) is 0 Å². The predicted octanol–water partition coefficient (Wildman–Crippen LogP) is 2.00. The Bertz CT molecular complexity index is 691. The molecule has 2 rings (SSSR count). The largest absolute Gasteiger partial charge is 0.270 e. The highest BCUT2D eigenvalue weighted by Crippen LogP contribution is 2.14. The van der Waals surface area contributed by atoms with Gasteiger partial charge in [-0.15, -0.1) is 0 Å². The highest BCUT2D eigenvalue weighted by molar-refractivity contribution is 7.89. The highest BCUT2D eigenvalue weighted by Gasteiger charge is 2.16. The molecule has 0 fully saturated rings. The topological polar surface area (TPSA) is 64.0 Å². The van der Waals surface area contributed by atoms with Crippen LogP contribution in [0.2, 0.25) is 0 Å². The van der Waals surface area contributed by atoms with Crippen LogP contribution in [0.5, 0.6) is 0 Å². The second-order valence-electron chi connectivity index (χ2n) is 4.60. The van der Waals surface area contributed by atoms with Gasteiger partial charge in [-0.25, -0.2) is 13.1 Å². The molecule has 0 aliphatic rings. The number of hydrogen-bond acceptors (Lipinski definition) is 3. The zero-order valence-corrected chi connectivity index (χ0v) is 12.7. The maximum atomic E-state index is 12.2. The van der Waals surface area contributed by atoms with E-state index in [4.69, 9.17) is 0 Å². The minimum absolute atomic E-state index is 0.259. The van der Waals surface area contributed by atoms with Gasteiger partial charge < -0.3 is 0 Å². The number of rotatable bonds is 5. The number of nitrogens with one attached hydrogen (secondary N) is 1. The SMILES string of the molecule is CCn1nc(C)c(CNS(=O)(=O)c2ccccc2)c1C. The fraction of sp³-hybridized carbons (Fsp3) is 0.357. The van der Waals surface area contributed by atoms with Crippen LogP contribution in [0.15, 0.2) is 35.2 Å². The van der Waals surface area contributed by atoms with E-state index in [1.807, 2.05) is 25.5 Å². The van der Waals surface area contributed by atoms with E-state index < -0.39 is 10.0 Å². The Morgan fingerprint density at radius 2 is 1.85 bits per heavy atom. The minimum atomic E-state index is -3.48. The lowest BCUT2D eigenvalue weighted by Crippen LogP contribution is -2.23. The smallest absolute Gasteiger partial charge is 0.240 e. The first kappa shape index (κ1) is 14.7. The summed E-state index contributed by atoms with van der Waals surface area (Å²) in [5.41, 5.74) is 2.80. The molecule has 0 aliphatic carbocycles. The number of sulfonamides is 1. The lowest BCUT2D eigenvalue weighted by molar-refractivity contribution is 0.581. The first-order chi connectivity index (χ1) is 9.45. The van der Waals surface area contributed by atoms with Gasteiger partial charge in [0.1, 0.15) is 0 Å². The Labute approximate surface area is 119 Å². The van der Waals surface area contributed by atoms with Crippen LogP contribution >= 0.6 is 0 Å². The third-order valence-electron chi connectivity index (χ3n) is 3.32. The summed E-state index contributed by atoms with van der Waals surface area (Å²) in [4.78, 5) is 0.276. The Morgan fingerprint density at radius 3 is 2.40 bits per heavy atom. The molecule has 1 N–H and O–H groups in total. The maximum Gasteiger partial charge on any atom is 0.240 e. The maximum absolute atomic E-state index is 12.2. The van der Waals surface area contributed by atoms with Crippen LogP contribution in [0.4, 0.5) is 0 Å². The minimum Gasteiger partial charge on any atom is -0.270 e. The summed E-state index contributed by atoms with van der Waals surface area (Å²) in [6, 6.07) is 8.37. The van der Waals surface area contributed by atoms with Gasteiger partial charge in [0.05, 0.1) is 10.6 Å². The lowest BCUT2D eigenvalue weighted by Gasteiger charge is -2.07. The van der Waals surface area contributed by atoms with Crippen molar-refractivity contribution in [3.63, 3.8) is 0 Å². The molecule has 20 heavy (non-hydrogen) atoms. The van der Waals surface area contributed by atoms with Crippen molar-refractivity contribution in [2.45, 2.75) is 38.8 Å². The molecule has 1 aromatic carbocycles. The van der Waals surface area contributed by atoms with Crippen molar-refractivity contribution < 1.29 is 8.42 Å². The number of benzene rings is 1. The van der Waals surface area contributed by atoms with Gasteiger partial charge in [-0.05, 0) is 32.9 Å². The molecule has 0 unspecified atom stereocenters. The number of hydrogen-bond donors (Lipinski definition) is 1. The second kappa shape index (κ2) is 5.76. The number of aryl methyl sites for hydroxylation is 2. The monoisotopic (exact) mass is 293 g/mol. The zero-order chi connectivity index (χ0) is 14.8. The molecule has 1 heterocycles. The van der Waals surface area contributed by atoms with Crippen molar-refractivity contribution in [2.75, 3.05) is 0 Å².